The van der Waals surface area contributed by atoms with Crippen LogP contribution in [0.1, 0.15) is 53.9 Å². The molecule has 7 heteroatoms. The van der Waals surface area contributed by atoms with Gasteiger partial charge in [0.1, 0.15) is 5.54 Å². The van der Waals surface area contributed by atoms with Gasteiger partial charge in [-0.3, -0.25) is 9.59 Å². The first kappa shape index (κ1) is 22.2. The lowest BCUT2D eigenvalue weighted by Crippen LogP contribution is -2.76. The van der Waals surface area contributed by atoms with Gasteiger partial charge in [0, 0.05) is 43.5 Å². The van der Waals surface area contributed by atoms with Crippen molar-refractivity contribution in [1.82, 2.24) is 10.2 Å². The van der Waals surface area contributed by atoms with Gasteiger partial charge in [-0.1, -0.05) is 27.7 Å². The van der Waals surface area contributed by atoms with Gasteiger partial charge < -0.3 is 20.7 Å². The van der Waals surface area contributed by atoms with Gasteiger partial charge in [0.2, 0.25) is 11.8 Å². The first-order chi connectivity index (χ1) is 11.1. The second-order valence-corrected chi connectivity index (χ2v) is 8.07. The number of carbonyl (C=O) groups excluding carboxylic acids is 2. The molecule has 1 aliphatic carbocycles. The summed E-state index contributed by atoms with van der Waals surface area (Å²) >= 11 is 0. The Morgan fingerprint density at radius 3 is 2.28 bits per heavy atom. The summed E-state index contributed by atoms with van der Waals surface area (Å²) in [7, 11) is 0. The van der Waals surface area contributed by atoms with E-state index in [0.717, 1.165) is 12.8 Å². The molecule has 2 atom stereocenters. The van der Waals surface area contributed by atoms with Crippen molar-refractivity contribution in [2.45, 2.75) is 71.6 Å². The highest BCUT2D eigenvalue weighted by molar-refractivity contribution is 5.89. The second-order valence-electron chi connectivity index (χ2n) is 8.07. The Bertz CT molecular complexity index is 490. The van der Waals surface area contributed by atoms with Crippen LogP contribution in [0.15, 0.2) is 0 Å². The number of hydrogen-bond donors (Lipinski definition) is 2. The smallest absolute Gasteiger partial charge is 0.243 e. The number of nitrogens with zero attached hydrogens (tertiary/aromatic N) is 1. The van der Waals surface area contributed by atoms with E-state index in [4.69, 9.17) is 10.5 Å². The van der Waals surface area contributed by atoms with E-state index in [0.29, 0.717) is 26.1 Å². The molecule has 1 aliphatic heterocycles. The minimum Gasteiger partial charge on any atom is -0.378 e. The molecule has 1 saturated heterocycles. The number of rotatable bonds is 5. The highest BCUT2D eigenvalue weighted by Crippen LogP contribution is 2.50. The number of carbonyl (C=O) groups is 2. The fraction of sp³-hybridized carbons (Fsp3) is 0.889. The number of nitrogens with two attached hydrogens (primary N) is 1. The standard InChI is InChI=1S/C18H33N3O3.ClH/c1-6-24-14-11-18(19,17(14,4)5)16(23)21-9-7-13(8-10-21)20-15(22)12(2)3;/h12-14H,6-11,19H2,1-5H3,(H,20,22);1H. The van der Waals surface area contributed by atoms with Gasteiger partial charge in [0.25, 0.3) is 0 Å². The average Bonchev–Trinajstić information content (AvgIpc) is 2.54. The fourth-order valence-corrected chi connectivity index (χ4v) is 3.68. The lowest BCUT2D eigenvalue weighted by Gasteiger charge is -2.59. The summed E-state index contributed by atoms with van der Waals surface area (Å²) in [6, 6.07) is 0.156. The molecule has 0 aromatic carbocycles. The molecule has 0 radical (unpaired) electrons. The Morgan fingerprint density at radius 1 is 1.28 bits per heavy atom. The van der Waals surface area contributed by atoms with Gasteiger partial charge in [0.15, 0.2) is 0 Å². The largest absolute Gasteiger partial charge is 0.378 e. The Labute approximate surface area is 157 Å². The summed E-state index contributed by atoms with van der Waals surface area (Å²) < 4.78 is 5.71. The van der Waals surface area contributed by atoms with Crippen molar-refractivity contribution in [3.8, 4) is 0 Å². The van der Waals surface area contributed by atoms with E-state index >= 15 is 0 Å². The predicted octanol–water partition coefficient (Wildman–Crippen LogP) is 1.70. The Balaban J connectivity index is 0.00000312. The van der Waals surface area contributed by atoms with Crippen LogP contribution in [0, 0.1) is 11.3 Å². The number of likely N-dealkylation sites (tertiary alicyclic amines) is 1. The molecule has 2 aliphatic rings. The van der Waals surface area contributed by atoms with E-state index in [-0.39, 0.29) is 47.7 Å². The predicted molar refractivity (Wildman–Crippen MR) is 101 cm³/mol. The number of amides is 2. The van der Waals surface area contributed by atoms with Crippen molar-refractivity contribution in [2.75, 3.05) is 19.7 Å². The third-order valence-corrected chi connectivity index (χ3v) is 5.86. The SMILES string of the molecule is CCOC1CC(N)(C(=O)N2CCC(NC(=O)C(C)C)CC2)C1(C)C.Cl. The summed E-state index contributed by atoms with van der Waals surface area (Å²) in [6.45, 7) is 11.7. The van der Waals surface area contributed by atoms with E-state index in [1.54, 1.807) is 0 Å². The summed E-state index contributed by atoms with van der Waals surface area (Å²) in [5.74, 6) is 0.0927. The quantitative estimate of drug-likeness (QED) is 0.766. The molecule has 1 saturated carbocycles. The van der Waals surface area contributed by atoms with Crippen LogP contribution in [-0.2, 0) is 14.3 Å². The van der Waals surface area contributed by atoms with Crippen LogP contribution in [0.5, 0.6) is 0 Å². The molecule has 2 fully saturated rings. The third kappa shape index (κ3) is 4.12. The maximum atomic E-state index is 13.0. The molecule has 6 nitrogen and oxygen atoms in total. The maximum Gasteiger partial charge on any atom is 0.243 e. The van der Waals surface area contributed by atoms with Gasteiger partial charge in [-0.2, -0.15) is 0 Å². The number of halogens is 1. The van der Waals surface area contributed by atoms with Gasteiger partial charge in [-0.05, 0) is 19.8 Å². The molecule has 25 heavy (non-hydrogen) atoms. The fourth-order valence-electron chi connectivity index (χ4n) is 3.68. The van der Waals surface area contributed by atoms with E-state index < -0.39 is 5.54 Å². The number of piperidine rings is 1. The number of hydrogen-bond acceptors (Lipinski definition) is 4. The summed E-state index contributed by atoms with van der Waals surface area (Å²) in [4.78, 5) is 26.6. The van der Waals surface area contributed by atoms with Crippen LogP contribution in [0.4, 0.5) is 0 Å². The van der Waals surface area contributed by atoms with Gasteiger partial charge in [-0.25, -0.2) is 0 Å². The topological polar surface area (TPSA) is 84.7 Å². The summed E-state index contributed by atoms with van der Waals surface area (Å²) in [5.41, 5.74) is 5.29. The zero-order chi connectivity index (χ0) is 18.1. The van der Waals surface area contributed by atoms with E-state index in [1.165, 1.54) is 0 Å². The molecule has 3 N–H and O–H groups in total. The molecule has 2 unspecified atom stereocenters. The highest BCUT2D eigenvalue weighted by Gasteiger charge is 2.63. The molecule has 1 heterocycles. The Kier molecular flexibility index (Phi) is 7.31. The molecular weight excluding hydrogens is 342 g/mol. The molecule has 0 bridgehead atoms. The minimum atomic E-state index is -0.846. The van der Waals surface area contributed by atoms with E-state index in [9.17, 15) is 9.59 Å². The molecule has 0 aromatic rings. The molecule has 2 rings (SSSR count). The minimum absolute atomic E-state index is 0. The van der Waals surface area contributed by atoms with Crippen molar-refractivity contribution < 1.29 is 14.3 Å². The zero-order valence-electron chi connectivity index (χ0n) is 16.1. The van der Waals surface area contributed by atoms with Crippen molar-refractivity contribution in [1.29, 1.82) is 0 Å². The molecule has 0 spiro atoms. The van der Waals surface area contributed by atoms with Crippen LogP contribution in [0.25, 0.3) is 0 Å². The number of nitrogens with one attached hydrogen (secondary N) is 1. The van der Waals surface area contributed by atoms with E-state index in [1.807, 2.05) is 39.5 Å². The monoisotopic (exact) mass is 375 g/mol. The molecule has 146 valence electrons. The van der Waals surface area contributed by atoms with Gasteiger partial charge in [0.05, 0.1) is 6.10 Å². The Morgan fingerprint density at radius 2 is 1.84 bits per heavy atom. The average molecular weight is 376 g/mol. The van der Waals surface area contributed by atoms with Gasteiger partial charge in [-0.15, -0.1) is 12.4 Å². The second kappa shape index (κ2) is 8.23. The summed E-state index contributed by atoms with van der Waals surface area (Å²) in [5, 5.41) is 3.06. The van der Waals surface area contributed by atoms with Crippen LogP contribution in [0.2, 0.25) is 0 Å². The summed E-state index contributed by atoms with van der Waals surface area (Å²) in [6.07, 6.45) is 2.20. The van der Waals surface area contributed by atoms with Crippen LogP contribution < -0.4 is 11.1 Å². The lowest BCUT2D eigenvalue weighted by atomic mass is 9.54. The first-order valence-electron chi connectivity index (χ1n) is 9.13. The molecule has 2 amide bonds. The number of ether oxygens (including phenoxy) is 1. The van der Waals surface area contributed by atoms with Crippen molar-refractivity contribution in [2.24, 2.45) is 17.1 Å². The highest BCUT2D eigenvalue weighted by atomic mass is 35.5. The van der Waals surface area contributed by atoms with Gasteiger partial charge >= 0.3 is 0 Å². The van der Waals surface area contributed by atoms with Crippen molar-refractivity contribution in [3.63, 3.8) is 0 Å². The zero-order valence-corrected chi connectivity index (χ0v) is 16.9. The third-order valence-electron chi connectivity index (χ3n) is 5.86. The molecular formula is C18H34ClN3O3. The normalized spacial score (nSPS) is 28.9. The Hall–Kier alpha value is -0.850. The lowest BCUT2D eigenvalue weighted by molar-refractivity contribution is -0.180. The molecule has 0 aromatic heterocycles. The van der Waals surface area contributed by atoms with Crippen molar-refractivity contribution >= 4 is 24.2 Å². The van der Waals surface area contributed by atoms with Crippen LogP contribution >= 0.6 is 12.4 Å². The van der Waals surface area contributed by atoms with Crippen LogP contribution in [-0.4, -0.2) is 54.1 Å². The van der Waals surface area contributed by atoms with Crippen molar-refractivity contribution in [3.05, 3.63) is 0 Å². The van der Waals surface area contributed by atoms with Crippen LogP contribution in [0.3, 0.4) is 0 Å². The maximum absolute atomic E-state index is 13.0. The first-order valence-corrected chi connectivity index (χ1v) is 9.13. The van der Waals surface area contributed by atoms with E-state index in [2.05, 4.69) is 5.32 Å².